The SMILES string of the molecule is CC[C@@H]1[N+]2=C(CCCCC2)N(c2ccccc2)[C@@]1(O)c1ccc(Cl)cc1. The normalized spacial score (nSPS) is 26.0. The molecule has 3 nitrogen and oxygen atoms in total. The monoisotopic (exact) mass is 369 g/mol. The fourth-order valence-electron chi connectivity index (χ4n) is 4.60. The van der Waals surface area contributed by atoms with Crippen LogP contribution in [0.1, 0.15) is 44.6 Å². The highest BCUT2D eigenvalue weighted by Crippen LogP contribution is 2.43. The summed E-state index contributed by atoms with van der Waals surface area (Å²) in [6, 6.07) is 18.0. The molecule has 0 bridgehead atoms. The maximum atomic E-state index is 12.2. The van der Waals surface area contributed by atoms with E-state index >= 15 is 0 Å². The summed E-state index contributed by atoms with van der Waals surface area (Å²) in [5.74, 6) is 1.25. The van der Waals surface area contributed by atoms with E-state index < -0.39 is 5.72 Å². The largest absolute Gasteiger partial charge is 0.346 e. The number of hydrogen-bond acceptors (Lipinski definition) is 2. The Balaban J connectivity index is 1.91. The Bertz CT molecular complexity index is 803. The quantitative estimate of drug-likeness (QED) is 0.789. The van der Waals surface area contributed by atoms with Crippen molar-refractivity contribution in [3.05, 3.63) is 65.2 Å². The number of amidine groups is 1. The third-order valence-electron chi connectivity index (χ3n) is 5.74. The van der Waals surface area contributed by atoms with Gasteiger partial charge in [0.1, 0.15) is 5.69 Å². The third kappa shape index (κ3) is 2.74. The van der Waals surface area contributed by atoms with Crippen LogP contribution in [0, 0.1) is 0 Å². The van der Waals surface area contributed by atoms with E-state index in [1.54, 1.807) is 0 Å². The number of rotatable bonds is 3. The summed E-state index contributed by atoms with van der Waals surface area (Å²) < 4.78 is 2.45. The highest BCUT2D eigenvalue weighted by Gasteiger charge is 2.60. The number of anilines is 1. The minimum Gasteiger partial charge on any atom is -0.346 e. The molecule has 0 spiro atoms. The van der Waals surface area contributed by atoms with Crippen molar-refractivity contribution in [2.75, 3.05) is 11.4 Å². The summed E-state index contributed by atoms with van der Waals surface area (Å²) >= 11 is 6.12. The molecule has 0 aliphatic carbocycles. The molecule has 0 unspecified atom stereocenters. The fraction of sp³-hybridized carbons (Fsp3) is 0.409. The molecule has 0 amide bonds. The highest BCUT2D eigenvalue weighted by molar-refractivity contribution is 6.30. The Morgan fingerprint density at radius 1 is 1.08 bits per heavy atom. The van der Waals surface area contributed by atoms with Gasteiger partial charge in [0.15, 0.2) is 6.04 Å². The molecule has 26 heavy (non-hydrogen) atoms. The van der Waals surface area contributed by atoms with E-state index in [0.29, 0.717) is 5.02 Å². The van der Waals surface area contributed by atoms with Gasteiger partial charge in [-0.2, -0.15) is 4.90 Å². The van der Waals surface area contributed by atoms with Crippen molar-refractivity contribution in [2.45, 2.75) is 50.8 Å². The summed E-state index contributed by atoms with van der Waals surface area (Å²) in [5, 5.41) is 12.9. The molecule has 0 fully saturated rings. The minimum atomic E-state index is -1.09. The molecule has 1 N–H and O–H groups in total. The van der Waals surface area contributed by atoms with Crippen LogP contribution in [-0.4, -0.2) is 28.1 Å². The summed E-state index contributed by atoms with van der Waals surface area (Å²) in [6.45, 7) is 3.18. The van der Waals surface area contributed by atoms with Crippen LogP contribution in [0.3, 0.4) is 0 Å². The third-order valence-corrected chi connectivity index (χ3v) is 5.99. The predicted molar refractivity (Wildman–Crippen MR) is 107 cm³/mol. The summed E-state index contributed by atoms with van der Waals surface area (Å²) in [5.41, 5.74) is 0.855. The topological polar surface area (TPSA) is 26.5 Å². The van der Waals surface area contributed by atoms with Crippen molar-refractivity contribution < 1.29 is 9.68 Å². The van der Waals surface area contributed by atoms with Gasteiger partial charge in [-0.3, -0.25) is 4.58 Å². The number of halogens is 1. The van der Waals surface area contributed by atoms with Gasteiger partial charge in [-0.25, -0.2) is 0 Å². The molecule has 4 rings (SSSR count). The zero-order chi connectivity index (χ0) is 18.1. The molecule has 0 saturated heterocycles. The number of nitrogens with zero attached hydrogens (tertiary/aromatic N) is 2. The molecule has 4 heteroatoms. The predicted octanol–water partition coefficient (Wildman–Crippen LogP) is 4.77. The van der Waals surface area contributed by atoms with Crippen molar-refractivity contribution in [2.24, 2.45) is 0 Å². The smallest absolute Gasteiger partial charge is 0.278 e. The molecule has 2 heterocycles. The lowest BCUT2D eigenvalue weighted by Gasteiger charge is -2.33. The average molecular weight is 370 g/mol. The zero-order valence-electron chi connectivity index (χ0n) is 15.2. The lowest BCUT2D eigenvalue weighted by molar-refractivity contribution is -0.575. The second kappa shape index (κ2) is 7.05. The molecular formula is C22H26ClN2O+. The van der Waals surface area contributed by atoms with Crippen molar-refractivity contribution in [3.63, 3.8) is 0 Å². The van der Waals surface area contributed by atoms with E-state index in [1.807, 2.05) is 42.5 Å². The van der Waals surface area contributed by atoms with Crippen molar-refractivity contribution in [1.82, 2.24) is 0 Å². The number of benzene rings is 2. The Morgan fingerprint density at radius 3 is 2.50 bits per heavy atom. The van der Waals surface area contributed by atoms with Crippen LogP contribution < -0.4 is 4.90 Å². The number of hydrogen-bond donors (Lipinski definition) is 1. The zero-order valence-corrected chi connectivity index (χ0v) is 16.0. The van der Waals surface area contributed by atoms with Gasteiger partial charge in [-0.05, 0) is 49.9 Å². The maximum Gasteiger partial charge on any atom is 0.278 e. The van der Waals surface area contributed by atoms with Crippen LogP contribution in [0.5, 0.6) is 0 Å². The van der Waals surface area contributed by atoms with Gasteiger partial charge in [0.05, 0.1) is 6.54 Å². The van der Waals surface area contributed by atoms with Gasteiger partial charge in [0.25, 0.3) is 11.6 Å². The molecule has 0 radical (unpaired) electrons. The Morgan fingerprint density at radius 2 is 1.81 bits per heavy atom. The molecule has 2 aliphatic heterocycles. The molecule has 0 saturated carbocycles. The van der Waals surface area contributed by atoms with Crippen LogP contribution >= 0.6 is 11.6 Å². The molecular weight excluding hydrogens is 344 g/mol. The Kier molecular flexibility index (Phi) is 4.76. The van der Waals surface area contributed by atoms with Gasteiger partial charge >= 0.3 is 0 Å². The van der Waals surface area contributed by atoms with Gasteiger partial charge < -0.3 is 5.11 Å². The molecule has 2 aromatic rings. The first-order valence-corrected chi connectivity index (χ1v) is 10.00. The molecule has 2 aliphatic rings. The molecule has 0 aromatic heterocycles. The van der Waals surface area contributed by atoms with E-state index in [0.717, 1.165) is 30.6 Å². The second-order valence-corrected chi connectivity index (χ2v) is 7.68. The number of aliphatic hydroxyl groups is 1. The first kappa shape index (κ1) is 17.6. The highest BCUT2D eigenvalue weighted by atomic mass is 35.5. The van der Waals surface area contributed by atoms with Gasteiger partial charge in [0, 0.05) is 17.0 Å². The van der Waals surface area contributed by atoms with Gasteiger partial charge in [-0.1, -0.05) is 48.9 Å². The van der Waals surface area contributed by atoms with E-state index in [1.165, 1.54) is 25.1 Å². The Hall–Kier alpha value is -1.84. The van der Waals surface area contributed by atoms with Gasteiger partial charge in [0.2, 0.25) is 0 Å². The summed E-state index contributed by atoms with van der Waals surface area (Å²) in [6.07, 6.45) is 5.48. The van der Waals surface area contributed by atoms with Crippen LogP contribution in [0.2, 0.25) is 5.02 Å². The van der Waals surface area contributed by atoms with E-state index in [4.69, 9.17) is 11.6 Å². The van der Waals surface area contributed by atoms with Crippen LogP contribution in [0.15, 0.2) is 54.6 Å². The van der Waals surface area contributed by atoms with E-state index in [2.05, 4.69) is 28.5 Å². The first-order chi connectivity index (χ1) is 12.7. The summed E-state index contributed by atoms with van der Waals surface area (Å²) in [7, 11) is 0. The molecule has 2 aromatic carbocycles. The lowest BCUT2D eigenvalue weighted by atomic mass is 9.91. The van der Waals surface area contributed by atoms with Crippen LogP contribution in [-0.2, 0) is 5.72 Å². The Labute approximate surface area is 160 Å². The van der Waals surface area contributed by atoms with Crippen LogP contribution in [0.25, 0.3) is 0 Å². The van der Waals surface area contributed by atoms with Crippen LogP contribution in [0.4, 0.5) is 5.69 Å². The number of para-hydroxylation sites is 1. The molecule has 136 valence electrons. The second-order valence-electron chi connectivity index (χ2n) is 7.25. The van der Waals surface area contributed by atoms with E-state index in [9.17, 15) is 5.11 Å². The molecule has 2 atom stereocenters. The lowest BCUT2D eigenvalue weighted by Crippen LogP contribution is -2.52. The standard InChI is InChI=1S/C22H26ClN2O/c1-2-20-22(26,17-12-14-18(23)15-13-17)25(19-9-5-3-6-10-19)21-11-7-4-8-16-24(20)21/h3,5-6,9-10,12-15,20,26H,2,4,7-8,11,16H2,1H3/q+1/t20-,22+/m0/s1. The first-order valence-electron chi connectivity index (χ1n) is 9.62. The summed E-state index contributed by atoms with van der Waals surface area (Å²) in [4.78, 5) is 2.18. The van der Waals surface area contributed by atoms with Crippen molar-refractivity contribution in [3.8, 4) is 0 Å². The minimum absolute atomic E-state index is 0.0250. The van der Waals surface area contributed by atoms with Crippen molar-refractivity contribution >= 4 is 23.1 Å². The average Bonchev–Trinajstić information content (AvgIpc) is 2.79. The van der Waals surface area contributed by atoms with Crippen molar-refractivity contribution in [1.29, 1.82) is 0 Å². The van der Waals surface area contributed by atoms with Gasteiger partial charge in [-0.15, -0.1) is 0 Å². The maximum absolute atomic E-state index is 12.2. The van der Waals surface area contributed by atoms with E-state index in [-0.39, 0.29) is 6.04 Å². The fourth-order valence-corrected chi connectivity index (χ4v) is 4.72.